The lowest BCUT2D eigenvalue weighted by molar-refractivity contribution is 0.0890. The van der Waals surface area contributed by atoms with E-state index >= 15 is 0 Å². The SMILES string of the molecule is COc1ccc(CN2COc3ccc4c(=O)c(-c5ccccc5OC)c(C)oc4c3C2)cc1. The molecule has 0 N–H and O–H groups in total. The second kappa shape index (κ2) is 8.64. The third-order valence-corrected chi connectivity index (χ3v) is 6.02. The fraction of sp³-hybridized carbons (Fsp3) is 0.222. The van der Waals surface area contributed by atoms with Gasteiger partial charge in [0, 0.05) is 18.7 Å². The van der Waals surface area contributed by atoms with Crippen LogP contribution in [0.5, 0.6) is 17.2 Å². The summed E-state index contributed by atoms with van der Waals surface area (Å²) in [6.07, 6.45) is 0. The van der Waals surface area contributed by atoms with Gasteiger partial charge in [-0.2, -0.15) is 0 Å². The highest BCUT2D eigenvalue weighted by atomic mass is 16.5. The fourth-order valence-electron chi connectivity index (χ4n) is 4.37. The van der Waals surface area contributed by atoms with E-state index in [1.807, 2.05) is 61.5 Å². The quantitative estimate of drug-likeness (QED) is 0.426. The Kier molecular flexibility index (Phi) is 5.52. The van der Waals surface area contributed by atoms with Crippen LogP contribution in [0.4, 0.5) is 0 Å². The number of ether oxygens (including phenoxy) is 3. The number of hydrogen-bond acceptors (Lipinski definition) is 6. The molecule has 3 aromatic carbocycles. The average molecular weight is 443 g/mol. The molecular formula is C27H25NO5. The lowest BCUT2D eigenvalue weighted by Gasteiger charge is -2.29. The van der Waals surface area contributed by atoms with Gasteiger partial charge < -0.3 is 18.6 Å². The minimum absolute atomic E-state index is 0.0756. The monoisotopic (exact) mass is 443 g/mol. The van der Waals surface area contributed by atoms with Crippen molar-refractivity contribution in [1.82, 2.24) is 4.90 Å². The van der Waals surface area contributed by atoms with Crippen molar-refractivity contribution < 1.29 is 18.6 Å². The van der Waals surface area contributed by atoms with E-state index in [2.05, 4.69) is 4.90 Å². The number of rotatable bonds is 5. The van der Waals surface area contributed by atoms with Gasteiger partial charge in [-0.1, -0.05) is 30.3 Å². The molecule has 0 amide bonds. The Balaban J connectivity index is 1.54. The molecule has 33 heavy (non-hydrogen) atoms. The molecule has 5 rings (SSSR count). The zero-order valence-corrected chi connectivity index (χ0v) is 18.9. The van der Waals surface area contributed by atoms with Crippen LogP contribution in [0.15, 0.2) is 69.9 Å². The molecule has 1 aliphatic heterocycles. The second-order valence-corrected chi connectivity index (χ2v) is 8.09. The molecule has 4 aromatic rings. The van der Waals surface area contributed by atoms with Crippen LogP contribution in [0.2, 0.25) is 0 Å². The van der Waals surface area contributed by atoms with Crippen LogP contribution in [-0.4, -0.2) is 25.9 Å². The summed E-state index contributed by atoms with van der Waals surface area (Å²) in [6, 6.07) is 19.1. The third-order valence-electron chi connectivity index (χ3n) is 6.02. The number of methoxy groups -OCH3 is 2. The number of fused-ring (bicyclic) bond motifs is 3. The largest absolute Gasteiger partial charge is 0.497 e. The zero-order valence-electron chi connectivity index (χ0n) is 18.9. The molecule has 6 heteroatoms. The summed E-state index contributed by atoms with van der Waals surface area (Å²) in [7, 11) is 3.26. The van der Waals surface area contributed by atoms with Gasteiger partial charge in [0.05, 0.1) is 30.7 Å². The highest BCUT2D eigenvalue weighted by Gasteiger charge is 2.24. The van der Waals surface area contributed by atoms with Gasteiger partial charge in [0.2, 0.25) is 5.43 Å². The Bertz CT molecular complexity index is 1370. The van der Waals surface area contributed by atoms with E-state index < -0.39 is 0 Å². The highest BCUT2D eigenvalue weighted by molar-refractivity contribution is 5.87. The zero-order chi connectivity index (χ0) is 22.9. The first kappa shape index (κ1) is 21.1. The minimum Gasteiger partial charge on any atom is -0.497 e. The lowest BCUT2D eigenvalue weighted by atomic mass is 9.99. The Morgan fingerprint density at radius 3 is 2.52 bits per heavy atom. The van der Waals surface area contributed by atoms with E-state index in [9.17, 15) is 4.79 Å². The Morgan fingerprint density at radius 1 is 0.970 bits per heavy atom. The number of para-hydroxylation sites is 1. The van der Waals surface area contributed by atoms with E-state index in [1.165, 1.54) is 0 Å². The maximum absolute atomic E-state index is 13.6. The maximum atomic E-state index is 13.6. The molecule has 0 radical (unpaired) electrons. The molecule has 1 aliphatic rings. The standard InChI is InChI=1S/C27H25NO5/c1-17-25(20-6-4-5-7-23(20)31-3)26(29)21-12-13-24-22(27(21)33-17)15-28(16-32-24)14-18-8-10-19(30-2)11-9-18/h4-13H,14-16H2,1-3H3. The van der Waals surface area contributed by atoms with Crippen LogP contribution in [0.3, 0.4) is 0 Å². The van der Waals surface area contributed by atoms with Gasteiger partial charge in [-0.05, 0) is 42.8 Å². The van der Waals surface area contributed by atoms with Gasteiger partial charge >= 0.3 is 0 Å². The van der Waals surface area contributed by atoms with Crippen molar-refractivity contribution >= 4 is 11.0 Å². The molecule has 0 aliphatic carbocycles. The molecular weight excluding hydrogens is 418 g/mol. The Labute approximate surface area is 191 Å². The first-order valence-corrected chi connectivity index (χ1v) is 10.8. The van der Waals surface area contributed by atoms with Gasteiger partial charge in [0.25, 0.3) is 0 Å². The van der Waals surface area contributed by atoms with Gasteiger partial charge in [0.15, 0.2) is 0 Å². The maximum Gasteiger partial charge on any atom is 0.200 e. The predicted molar refractivity (Wildman–Crippen MR) is 127 cm³/mol. The molecule has 0 saturated heterocycles. The molecule has 0 atom stereocenters. The summed E-state index contributed by atoms with van der Waals surface area (Å²) in [6.45, 7) is 3.62. The van der Waals surface area contributed by atoms with Crippen molar-refractivity contribution in [3.8, 4) is 28.4 Å². The van der Waals surface area contributed by atoms with Gasteiger partial charge in [0.1, 0.15) is 35.3 Å². The van der Waals surface area contributed by atoms with Gasteiger partial charge in [-0.15, -0.1) is 0 Å². The summed E-state index contributed by atoms with van der Waals surface area (Å²) < 4.78 is 23.0. The normalized spacial score (nSPS) is 13.4. The number of aryl methyl sites for hydroxylation is 1. The molecule has 168 valence electrons. The van der Waals surface area contributed by atoms with E-state index in [0.717, 1.165) is 28.2 Å². The van der Waals surface area contributed by atoms with Gasteiger partial charge in [-0.3, -0.25) is 9.69 Å². The first-order valence-electron chi connectivity index (χ1n) is 10.8. The van der Waals surface area contributed by atoms with E-state index in [0.29, 0.717) is 47.9 Å². The lowest BCUT2D eigenvalue weighted by Crippen LogP contribution is -2.31. The van der Waals surface area contributed by atoms with E-state index in [4.69, 9.17) is 18.6 Å². The smallest absolute Gasteiger partial charge is 0.200 e. The van der Waals surface area contributed by atoms with Crippen molar-refractivity contribution in [3.05, 3.63) is 87.8 Å². The van der Waals surface area contributed by atoms with Crippen molar-refractivity contribution in [2.75, 3.05) is 21.0 Å². The summed E-state index contributed by atoms with van der Waals surface area (Å²) in [4.78, 5) is 15.7. The third kappa shape index (κ3) is 3.83. The highest BCUT2D eigenvalue weighted by Crippen LogP contribution is 2.36. The molecule has 6 nitrogen and oxygen atoms in total. The molecule has 0 bridgehead atoms. The molecule has 0 unspecified atom stereocenters. The Morgan fingerprint density at radius 2 is 1.76 bits per heavy atom. The van der Waals surface area contributed by atoms with Crippen LogP contribution in [0.25, 0.3) is 22.1 Å². The topological polar surface area (TPSA) is 61.1 Å². The second-order valence-electron chi connectivity index (χ2n) is 8.09. The van der Waals surface area contributed by atoms with Crippen LogP contribution in [-0.2, 0) is 13.1 Å². The van der Waals surface area contributed by atoms with Crippen LogP contribution >= 0.6 is 0 Å². The number of nitrogens with zero attached hydrogens (tertiary/aromatic N) is 1. The molecule has 1 aromatic heterocycles. The summed E-state index contributed by atoms with van der Waals surface area (Å²) in [5, 5.41) is 0.537. The van der Waals surface area contributed by atoms with Crippen molar-refractivity contribution in [3.63, 3.8) is 0 Å². The minimum atomic E-state index is -0.0756. The summed E-state index contributed by atoms with van der Waals surface area (Å²) in [5.41, 5.74) is 3.79. The fourth-order valence-corrected chi connectivity index (χ4v) is 4.37. The Hall–Kier alpha value is -3.77. The molecule has 0 saturated carbocycles. The first-order chi connectivity index (χ1) is 16.1. The van der Waals surface area contributed by atoms with Crippen LogP contribution < -0.4 is 19.6 Å². The van der Waals surface area contributed by atoms with Crippen LogP contribution in [0.1, 0.15) is 16.9 Å². The molecule has 0 spiro atoms. The van der Waals surface area contributed by atoms with Crippen molar-refractivity contribution in [2.45, 2.75) is 20.0 Å². The van der Waals surface area contributed by atoms with E-state index in [1.54, 1.807) is 20.3 Å². The van der Waals surface area contributed by atoms with Gasteiger partial charge in [-0.25, -0.2) is 0 Å². The predicted octanol–water partition coefficient (Wildman–Crippen LogP) is 5.14. The average Bonchev–Trinajstić information content (AvgIpc) is 2.85. The van der Waals surface area contributed by atoms with Crippen LogP contribution in [0, 0.1) is 6.92 Å². The van der Waals surface area contributed by atoms with Crippen molar-refractivity contribution in [1.29, 1.82) is 0 Å². The number of hydrogen-bond donors (Lipinski definition) is 0. The van der Waals surface area contributed by atoms with Crippen molar-refractivity contribution in [2.24, 2.45) is 0 Å². The molecule has 2 heterocycles. The molecule has 0 fully saturated rings. The summed E-state index contributed by atoms with van der Waals surface area (Å²) in [5.74, 6) is 2.77. The number of benzene rings is 3. The van der Waals surface area contributed by atoms with E-state index in [-0.39, 0.29) is 5.43 Å². The summed E-state index contributed by atoms with van der Waals surface area (Å²) >= 11 is 0.